The van der Waals surface area contributed by atoms with Crippen LogP contribution in [0.5, 0.6) is 17.2 Å². The van der Waals surface area contributed by atoms with E-state index in [1.54, 1.807) is 30.3 Å². The standard InChI is InChI=1S/C16H10BrFO4/c17-11-2-4-13(18)10(7-11)1-6-16(19)22-12-3-5-14-15(8-12)21-9-20-14/h1-8H,9H2/b6-1+. The zero-order valence-electron chi connectivity index (χ0n) is 11.2. The van der Waals surface area contributed by atoms with E-state index in [4.69, 9.17) is 14.2 Å². The van der Waals surface area contributed by atoms with Crippen LogP contribution in [0.1, 0.15) is 5.56 Å². The third-order valence-electron chi connectivity index (χ3n) is 2.92. The summed E-state index contributed by atoms with van der Waals surface area (Å²) in [4.78, 5) is 11.8. The molecular weight excluding hydrogens is 355 g/mol. The molecule has 0 amide bonds. The van der Waals surface area contributed by atoms with Crippen molar-refractivity contribution in [3.8, 4) is 17.2 Å². The second-order valence-electron chi connectivity index (χ2n) is 4.44. The molecule has 4 nitrogen and oxygen atoms in total. The summed E-state index contributed by atoms with van der Waals surface area (Å²) in [7, 11) is 0. The van der Waals surface area contributed by atoms with Gasteiger partial charge in [-0.15, -0.1) is 0 Å². The molecule has 6 heteroatoms. The lowest BCUT2D eigenvalue weighted by atomic mass is 10.2. The Labute approximate surface area is 134 Å². The Morgan fingerprint density at radius 3 is 2.86 bits per heavy atom. The molecule has 3 rings (SSSR count). The van der Waals surface area contributed by atoms with Gasteiger partial charge in [-0.05, 0) is 36.4 Å². The molecule has 1 heterocycles. The van der Waals surface area contributed by atoms with Gasteiger partial charge in [-0.2, -0.15) is 0 Å². The minimum absolute atomic E-state index is 0.148. The largest absolute Gasteiger partial charge is 0.454 e. The second-order valence-corrected chi connectivity index (χ2v) is 5.35. The Hall–Kier alpha value is -2.34. The number of rotatable bonds is 3. The van der Waals surface area contributed by atoms with Crippen LogP contribution in [-0.2, 0) is 4.79 Å². The Morgan fingerprint density at radius 1 is 1.18 bits per heavy atom. The van der Waals surface area contributed by atoms with Crippen molar-refractivity contribution in [2.24, 2.45) is 0 Å². The third kappa shape index (κ3) is 3.28. The number of carbonyl (C=O) groups is 1. The van der Waals surface area contributed by atoms with Crippen LogP contribution in [-0.4, -0.2) is 12.8 Å². The van der Waals surface area contributed by atoms with Crippen LogP contribution < -0.4 is 14.2 Å². The van der Waals surface area contributed by atoms with Crippen LogP contribution in [0.3, 0.4) is 0 Å². The van der Waals surface area contributed by atoms with Crippen molar-refractivity contribution in [3.05, 3.63) is 58.3 Å². The number of esters is 1. The van der Waals surface area contributed by atoms with Gasteiger partial charge in [0.25, 0.3) is 0 Å². The fourth-order valence-corrected chi connectivity index (χ4v) is 2.27. The van der Waals surface area contributed by atoms with Crippen molar-refractivity contribution in [3.63, 3.8) is 0 Å². The number of ether oxygens (including phenoxy) is 3. The predicted octanol–water partition coefficient (Wildman–Crippen LogP) is 3.94. The molecule has 2 aromatic carbocycles. The van der Waals surface area contributed by atoms with E-state index in [2.05, 4.69) is 15.9 Å². The molecular formula is C16H10BrFO4. The lowest BCUT2D eigenvalue weighted by Gasteiger charge is -2.03. The maximum Gasteiger partial charge on any atom is 0.336 e. The summed E-state index contributed by atoms with van der Waals surface area (Å²) >= 11 is 3.24. The SMILES string of the molecule is O=C(/C=C/c1cc(Br)ccc1F)Oc1ccc2c(c1)OCO2. The maximum absolute atomic E-state index is 13.5. The highest BCUT2D eigenvalue weighted by molar-refractivity contribution is 9.10. The van der Waals surface area contributed by atoms with E-state index in [-0.39, 0.29) is 12.4 Å². The third-order valence-corrected chi connectivity index (χ3v) is 3.41. The molecule has 0 N–H and O–H groups in total. The highest BCUT2D eigenvalue weighted by Gasteiger charge is 2.14. The molecule has 0 saturated heterocycles. The lowest BCUT2D eigenvalue weighted by Crippen LogP contribution is -2.03. The van der Waals surface area contributed by atoms with Crippen LogP contribution in [0.15, 0.2) is 46.9 Å². The van der Waals surface area contributed by atoms with Gasteiger partial charge in [-0.3, -0.25) is 0 Å². The van der Waals surface area contributed by atoms with Gasteiger partial charge in [0.1, 0.15) is 11.6 Å². The van der Waals surface area contributed by atoms with Gasteiger partial charge in [0.05, 0.1) is 0 Å². The number of benzene rings is 2. The van der Waals surface area contributed by atoms with Crippen molar-refractivity contribution < 1.29 is 23.4 Å². The molecule has 1 aliphatic rings. The number of hydrogen-bond donors (Lipinski definition) is 0. The molecule has 2 aromatic rings. The first-order valence-electron chi connectivity index (χ1n) is 6.36. The maximum atomic E-state index is 13.5. The molecule has 0 radical (unpaired) electrons. The fraction of sp³-hybridized carbons (Fsp3) is 0.0625. The van der Waals surface area contributed by atoms with Gasteiger partial charge in [-0.25, -0.2) is 9.18 Å². The Kier molecular flexibility index (Phi) is 4.11. The molecule has 0 saturated carbocycles. The highest BCUT2D eigenvalue weighted by Crippen LogP contribution is 2.35. The Bertz CT molecular complexity index is 758. The minimum Gasteiger partial charge on any atom is -0.454 e. The molecule has 0 bridgehead atoms. The summed E-state index contributed by atoms with van der Waals surface area (Å²) < 4.78 is 29.8. The summed E-state index contributed by atoms with van der Waals surface area (Å²) in [5.41, 5.74) is 0.289. The summed E-state index contributed by atoms with van der Waals surface area (Å²) in [6.07, 6.45) is 2.52. The molecule has 0 fully saturated rings. The quantitative estimate of drug-likeness (QED) is 0.470. The van der Waals surface area contributed by atoms with Crippen LogP contribution in [0.4, 0.5) is 4.39 Å². The van der Waals surface area contributed by atoms with E-state index in [0.717, 1.165) is 10.5 Å². The van der Waals surface area contributed by atoms with Crippen LogP contribution in [0.2, 0.25) is 0 Å². The molecule has 0 aliphatic carbocycles. The average Bonchev–Trinajstić information content (AvgIpc) is 2.96. The molecule has 112 valence electrons. The number of fused-ring (bicyclic) bond motifs is 1. The van der Waals surface area contributed by atoms with Gasteiger partial charge in [-0.1, -0.05) is 15.9 Å². The highest BCUT2D eigenvalue weighted by atomic mass is 79.9. The fourth-order valence-electron chi connectivity index (χ4n) is 1.89. The van der Waals surface area contributed by atoms with Crippen molar-refractivity contribution >= 4 is 28.0 Å². The first-order valence-corrected chi connectivity index (χ1v) is 7.16. The first-order chi connectivity index (χ1) is 10.6. The van der Waals surface area contributed by atoms with Crippen molar-refractivity contribution in [1.29, 1.82) is 0 Å². The number of halogens is 2. The van der Waals surface area contributed by atoms with Crippen LogP contribution in [0, 0.1) is 5.82 Å². The van der Waals surface area contributed by atoms with Gasteiger partial charge in [0.2, 0.25) is 6.79 Å². The zero-order valence-corrected chi connectivity index (χ0v) is 12.8. The van der Waals surface area contributed by atoms with Gasteiger partial charge in [0.15, 0.2) is 11.5 Å². The van der Waals surface area contributed by atoms with E-state index in [0.29, 0.717) is 17.2 Å². The van der Waals surface area contributed by atoms with Gasteiger partial charge in [0, 0.05) is 22.2 Å². The second kappa shape index (κ2) is 6.19. The summed E-state index contributed by atoms with van der Waals surface area (Å²) in [5.74, 6) is 0.418. The van der Waals surface area contributed by atoms with Crippen LogP contribution in [0.25, 0.3) is 6.08 Å². The summed E-state index contributed by atoms with van der Waals surface area (Å²) in [6, 6.07) is 9.28. The number of hydrogen-bond acceptors (Lipinski definition) is 4. The van der Waals surface area contributed by atoms with Crippen molar-refractivity contribution in [1.82, 2.24) is 0 Å². The van der Waals surface area contributed by atoms with Crippen LogP contribution >= 0.6 is 15.9 Å². The van der Waals surface area contributed by atoms with E-state index in [9.17, 15) is 9.18 Å². The monoisotopic (exact) mass is 364 g/mol. The number of carbonyl (C=O) groups excluding carboxylic acids is 1. The van der Waals surface area contributed by atoms with Gasteiger partial charge < -0.3 is 14.2 Å². The average molecular weight is 365 g/mol. The molecule has 0 atom stereocenters. The molecule has 0 aromatic heterocycles. The predicted molar refractivity (Wildman–Crippen MR) is 81.3 cm³/mol. The van der Waals surface area contributed by atoms with E-state index in [1.165, 1.54) is 12.1 Å². The van der Waals surface area contributed by atoms with E-state index >= 15 is 0 Å². The molecule has 22 heavy (non-hydrogen) atoms. The summed E-state index contributed by atoms with van der Waals surface area (Å²) in [5, 5.41) is 0. The molecule has 0 unspecified atom stereocenters. The zero-order chi connectivity index (χ0) is 15.5. The smallest absolute Gasteiger partial charge is 0.336 e. The van der Waals surface area contributed by atoms with E-state index < -0.39 is 11.8 Å². The normalized spacial score (nSPS) is 12.6. The lowest BCUT2D eigenvalue weighted by molar-refractivity contribution is -0.128. The first kappa shape index (κ1) is 14.6. The summed E-state index contributed by atoms with van der Waals surface area (Å²) in [6.45, 7) is 0.148. The van der Waals surface area contributed by atoms with Gasteiger partial charge >= 0.3 is 5.97 Å². The Morgan fingerprint density at radius 2 is 2.00 bits per heavy atom. The minimum atomic E-state index is -0.613. The van der Waals surface area contributed by atoms with Crippen molar-refractivity contribution in [2.45, 2.75) is 0 Å². The topological polar surface area (TPSA) is 44.8 Å². The Balaban J connectivity index is 1.70. The van der Waals surface area contributed by atoms with E-state index in [1.807, 2.05) is 0 Å². The molecule has 0 spiro atoms. The van der Waals surface area contributed by atoms with Crippen molar-refractivity contribution in [2.75, 3.05) is 6.79 Å². The molecule has 1 aliphatic heterocycles.